The molecule has 0 bridgehead atoms. The maximum Gasteiger partial charge on any atom is 0.266 e. The molecule has 3 aromatic rings. The molecular formula is C20H16N4O4. The normalized spacial score (nSPS) is 12.9. The molecule has 4 rings (SSSR count). The number of rotatable bonds is 5. The lowest BCUT2D eigenvalue weighted by Gasteiger charge is -2.15. The Kier molecular flexibility index (Phi) is 4.56. The van der Waals surface area contributed by atoms with Gasteiger partial charge in [0.05, 0.1) is 17.8 Å². The minimum atomic E-state index is -0.776. The number of aromatic nitrogens is 2. The van der Waals surface area contributed by atoms with E-state index < -0.39 is 6.10 Å². The number of aromatic amines is 1. The molecule has 0 radical (unpaired) electrons. The molecule has 2 aromatic carbocycles. The van der Waals surface area contributed by atoms with Gasteiger partial charge < -0.3 is 19.5 Å². The maximum absolute atomic E-state index is 12.5. The standard InChI is InChI=1S/C20H16N4O4/c1-12(28-15-4-2-3-13(7-15)9-21)20(25)23-19-16(10-22-24-19)14-5-6-17-18(8-14)27-11-26-17/h2-8,10,12H,11H2,1H3,(H2,22,23,24,25). The van der Waals surface area contributed by atoms with Crippen LogP contribution < -0.4 is 19.5 Å². The molecule has 0 fully saturated rings. The van der Waals surface area contributed by atoms with E-state index in [0.29, 0.717) is 34.2 Å². The fourth-order valence-electron chi connectivity index (χ4n) is 2.79. The molecule has 1 unspecified atom stereocenters. The van der Waals surface area contributed by atoms with Gasteiger partial charge in [0.2, 0.25) is 6.79 Å². The quantitative estimate of drug-likeness (QED) is 0.708. The molecule has 1 aliphatic heterocycles. The van der Waals surface area contributed by atoms with Crippen LogP contribution in [-0.2, 0) is 4.79 Å². The van der Waals surface area contributed by atoms with Crippen LogP contribution in [0, 0.1) is 11.3 Å². The van der Waals surface area contributed by atoms with Gasteiger partial charge in [-0.3, -0.25) is 9.89 Å². The van der Waals surface area contributed by atoms with Crippen molar-refractivity contribution in [2.45, 2.75) is 13.0 Å². The summed E-state index contributed by atoms with van der Waals surface area (Å²) >= 11 is 0. The van der Waals surface area contributed by atoms with Gasteiger partial charge in [-0.15, -0.1) is 0 Å². The summed E-state index contributed by atoms with van der Waals surface area (Å²) in [6.07, 6.45) is 0.844. The highest BCUT2D eigenvalue weighted by Gasteiger charge is 2.20. The number of nitrogens with one attached hydrogen (secondary N) is 2. The lowest BCUT2D eigenvalue weighted by atomic mass is 10.1. The number of amides is 1. The second kappa shape index (κ2) is 7.32. The number of hydrogen-bond donors (Lipinski definition) is 2. The summed E-state index contributed by atoms with van der Waals surface area (Å²) in [6.45, 7) is 1.82. The number of H-pyrrole nitrogens is 1. The Balaban J connectivity index is 1.48. The summed E-state index contributed by atoms with van der Waals surface area (Å²) in [5.41, 5.74) is 2.00. The Morgan fingerprint density at radius 3 is 3.00 bits per heavy atom. The Bertz CT molecular complexity index is 1070. The Morgan fingerprint density at radius 2 is 2.14 bits per heavy atom. The molecule has 0 spiro atoms. The average Bonchev–Trinajstić information content (AvgIpc) is 3.36. The monoisotopic (exact) mass is 376 g/mol. The summed E-state index contributed by atoms with van der Waals surface area (Å²) in [4.78, 5) is 12.5. The number of carbonyl (C=O) groups excluding carboxylic acids is 1. The van der Waals surface area contributed by atoms with E-state index in [9.17, 15) is 4.79 Å². The lowest BCUT2D eigenvalue weighted by Crippen LogP contribution is -2.30. The van der Waals surface area contributed by atoms with Crippen molar-refractivity contribution >= 4 is 11.7 Å². The molecule has 8 heteroatoms. The topological polar surface area (TPSA) is 109 Å². The summed E-state index contributed by atoms with van der Waals surface area (Å²) < 4.78 is 16.4. The highest BCUT2D eigenvalue weighted by molar-refractivity contribution is 5.96. The van der Waals surface area contributed by atoms with Crippen LogP contribution in [0.1, 0.15) is 12.5 Å². The zero-order valence-electron chi connectivity index (χ0n) is 14.9. The Hall–Kier alpha value is -3.99. The Morgan fingerprint density at radius 1 is 1.29 bits per heavy atom. The molecule has 1 amide bonds. The maximum atomic E-state index is 12.5. The zero-order chi connectivity index (χ0) is 19.5. The number of ether oxygens (including phenoxy) is 3. The smallest absolute Gasteiger partial charge is 0.266 e. The molecular weight excluding hydrogens is 360 g/mol. The molecule has 2 heterocycles. The highest BCUT2D eigenvalue weighted by atomic mass is 16.7. The van der Waals surface area contributed by atoms with Crippen molar-refractivity contribution in [3.63, 3.8) is 0 Å². The summed E-state index contributed by atoms with van der Waals surface area (Å²) in [6, 6.07) is 14.2. The van der Waals surface area contributed by atoms with Crippen LogP contribution in [0.15, 0.2) is 48.7 Å². The van der Waals surface area contributed by atoms with Crippen LogP contribution >= 0.6 is 0 Å². The van der Waals surface area contributed by atoms with E-state index in [0.717, 1.165) is 5.56 Å². The fraction of sp³-hybridized carbons (Fsp3) is 0.150. The van der Waals surface area contributed by atoms with Crippen molar-refractivity contribution in [1.29, 1.82) is 5.26 Å². The van der Waals surface area contributed by atoms with E-state index in [2.05, 4.69) is 15.5 Å². The largest absolute Gasteiger partial charge is 0.481 e. The first kappa shape index (κ1) is 17.4. The van der Waals surface area contributed by atoms with Crippen LogP contribution in [0.25, 0.3) is 11.1 Å². The third kappa shape index (κ3) is 3.46. The van der Waals surface area contributed by atoms with Crippen molar-refractivity contribution < 1.29 is 19.0 Å². The molecule has 2 N–H and O–H groups in total. The van der Waals surface area contributed by atoms with Gasteiger partial charge in [0, 0.05) is 5.56 Å². The van der Waals surface area contributed by atoms with Gasteiger partial charge in [-0.05, 0) is 42.8 Å². The van der Waals surface area contributed by atoms with Crippen molar-refractivity contribution in [1.82, 2.24) is 10.2 Å². The van der Waals surface area contributed by atoms with Crippen molar-refractivity contribution in [3.05, 3.63) is 54.2 Å². The predicted molar refractivity (Wildman–Crippen MR) is 100 cm³/mol. The van der Waals surface area contributed by atoms with E-state index >= 15 is 0 Å². The van der Waals surface area contributed by atoms with Crippen molar-refractivity contribution in [2.75, 3.05) is 12.1 Å². The molecule has 0 aliphatic carbocycles. The summed E-state index contributed by atoms with van der Waals surface area (Å²) in [7, 11) is 0. The van der Waals surface area contributed by atoms with E-state index in [1.807, 2.05) is 24.3 Å². The lowest BCUT2D eigenvalue weighted by molar-refractivity contribution is -0.122. The van der Waals surface area contributed by atoms with E-state index in [-0.39, 0.29) is 12.7 Å². The van der Waals surface area contributed by atoms with Crippen LogP contribution in [0.3, 0.4) is 0 Å². The number of benzene rings is 2. The van der Waals surface area contributed by atoms with Crippen LogP contribution in [0.4, 0.5) is 5.82 Å². The molecule has 1 atom stereocenters. The van der Waals surface area contributed by atoms with Gasteiger partial charge in [-0.2, -0.15) is 10.4 Å². The third-order valence-electron chi connectivity index (χ3n) is 4.22. The van der Waals surface area contributed by atoms with Gasteiger partial charge in [-0.1, -0.05) is 12.1 Å². The molecule has 1 aliphatic rings. The van der Waals surface area contributed by atoms with Crippen molar-refractivity contribution in [3.8, 4) is 34.4 Å². The van der Waals surface area contributed by atoms with Crippen LogP contribution in [0.5, 0.6) is 17.2 Å². The van der Waals surface area contributed by atoms with Crippen molar-refractivity contribution in [2.24, 2.45) is 0 Å². The molecule has 8 nitrogen and oxygen atoms in total. The first-order valence-electron chi connectivity index (χ1n) is 8.55. The average molecular weight is 376 g/mol. The third-order valence-corrected chi connectivity index (χ3v) is 4.22. The number of nitrogens with zero attached hydrogens (tertiary/aromatic N) is 2. The molecule has 1 aromatic heterocycles. The fourth-order valence-corrected chi connectivity index (χ4v) is 2.79. The SMILES string of the molecule is CC(Oc1cccc(C#N)c1)C(=O)Nc1[nH]ncc1-c1ccc2c(c1)OCO2. The second-order valence-corrected chi connectivity index (χ2v) is 6.12. The van der Waals surface area contributed by atoms with Crippen LogP contribution in [0.2, 0.25) is 0 Å². The van der Waals surface area contributed by atoms with Gasteiger partial charge >= 0.3 is 0 Å². The number of nitriles is 1. The van der Waals surface area contributed by atoms with E-state index in [1.165, 1.54) is 0 Å². The van der Waals surface area contributed by atoms with E-state index in [1.54, 1.807) is 37.4 Å². The minimum Gasteiger partial charge on any atom is -0.481 e. The number of hydrogen-bond acceptors (Lipinski definition) is 6. The number of anilines is 1. The van der Waals surface area contributed by atoms with Gasteiger partial charge in [-0.25, -0.2) is 0 Å². The highest BCUT2D eigenvalue weighted by Crippen LogP contribution is 2.37. The van der Waals surface area contributed by atoms with Crippen LogP contribution in [-0.4, -0.2) is 29.0 Å². The second-order valence-electron chi connectivity index (χ2n) is 6.12. The first-order chi connectivity index (χ1) is 13.6. The first-order valence-corrected chi connectivity index (χ1v) is 8.55. The molecule has 28 heavy (non-hydrogen) atoms. The zero-order valence-corrected chi connectivity index (χ0v) is 14.9. The Labute approximate surface area is 160 Å². The van der Waals surface area contributed by atoms with Gasteiger partial charge in [0.15, 0.2) is 17.6 Å². The van der Waals surface area contributed by atoms with E-state index in [4.69, 9.17) is 19.5 Å². The molecule has 0 saturated heterocycles. The van der Waals surface area contributed by atoms with Gasteiger partial charge in [0.25, 0.3) is 5.91 Å². The minimum absolute atomic E-state index is 0.190. The summed E-state index contributed by atoms with van der Waals surface area (Å²) in [5, 5.41) is 18.6. The summed E-state index contributed by atoms with van der Waals surface area (Å²) in [5.74, 6) is 1.87. The predicted octanol–water partition coefficient (Wildman–Crippen LogP) is 3.08. The number of carbonyl (C=O) groups is 1. The molecule has 140 valence electrons. The van der Waals surface area contributed by atoms with Gasteiger partial charge in [0.1, 0.15) is 11.6 Å². The number of fused-ring (bicyclic) bond motifs is 1. The molecule has 0 saturated carbocycles.